The molecule has 1 aliphatic heterocycles. The van der Waals surface area contributed by atoms with Gasteiger partial charge in [0.05, 0.1) is 19.3 Å². The Morgan fingerprint density at radius 3 is 2.71 bits per heavy atom. The lowest BCUT2D eigenvalue weighted by molar-refractivity contribution is 0.0989. The molecule has 0 aliphatic carbocycles. The second-order valence-electron chi connectivity index (χ2n) is 4.63. The molecule has 0 saturated carbocycles. The first-order valence-corrected chi connectivity index (χ1v) is 6.34. The maximum atomic E-state index is 9.75. The molecule has 0 radical (unpaired) electrons. The van der Waals surface area contributed by atoms with E-state index in [4.69, 9.17) is 4.74 Å². The van der Waals surface area contributed by atoms with Gasteiger partial charge in [0, 0.05) is 18.3 Å². The van der Waals surface area contributed by atoms with Crippen molar-refractivity contribution in [3.63, 3.8) is 0 Å². The number of aliphatic hydroxyl groups is 1. The summed E-state index contributed by atoms with van der Waals surface area (Å²) >= 11 is 0. The summed E-state index contributed by atoms with van der Waals surface area (Å²) in [5.41, 5.74) is 2.21. The second kappa shape index (κ2) is 5.52. The van der Waals surface area contributed by atoms with Gasteiger partial charge in [0.2, 0.25) is 0 Å². The van der Waals surface area contributed by atoms with Gasteiger partial charge < -0.3 is 14.7 Å². The number of benzene rings is 1. The molecule has 2 unspecified atom stereocenters. The molecule has 1 saturated heterocycles. The quantitative estimate of drug-likeness (QED) is 0.873. The molecule has 0 amide bonds. The maximum Gasteiger partial charge on any atom is 0.0787 e. The van der Waals surface area contributed by atoms with Crippen molar-refractivity contribution >= 4 is 5.69 Å². The van der Waals surface area contributed by atoms with Gasteiger partial charge in [-0.15, -0.1) is 0 Å². The van der Waals surface area contributed by atoms with Crippen LogP contribution in [0.1, 0.15) is 31.9 Å². The molecule has 1 aromatic carbocycles. The molecule has 3 nitrogen and oxygen atoms in total. The predicted molar refractivity (Wildman–Crippen MR) is 69.3 cm³/mol. The highest BCUT2D eigenvalue weighted by molar-refractivity contribution is 5.49. The van der Waals surface area contributed by atoms with Crippen molar-refractivity contribution in [3.05, 3.63) is 29.8 Å². The molecule has 0 bridgehead atoms. The fourth-order valence-corrected chi connectivity index (χ4v) is 2.23. The third-order valence-electron chi connectivity index (χ3n) is 3.36. The summed E-state index contributed by atoms with van der Waals surface area (Å²) < 4.78 is 5.43. The zero-order chi connectivity index (χ0) is 12.3. The van der Waals surface area contributed by atoms with Crippen LogP contribution in [-0.2, 0) is 4.74 Å². The molecule has 0 spiro atoms. The van der Waals surface area contributed by atoms with Crippen LogP contribution in [-0.4, -0.2) is 30.9 Å². The third-order valence-corrected chi connectivity index (χ3v) is 3.36. The Kier molecular flexibility index (Phi) is 4.02. The van der Waals surface area contributed by atoms with E-state index in [-0.39, 0.29) is 6.10 Å². The first-order valence-electron chi connectivity index (χ1n) is 6.34. The van der Waals surface area contributed by atoms with E-state index in [9.17, 15) is 5.11 Å². The van der Waals surface area contributed by atoms with Crippen molar-refractivity contribution in [2.75, 3.05) is 24.7 Å². The highest BCUT2D eigenvalue weighted by Crippen LogP contribution is 2.23. The van der Waals surface area contributed by atoms with Crippen LogP contribution in [0.5, 0.6) is 0 Å². The molecule has 94 valence electrons. The minimum absolute atomic E-state index is 0.342. The summed E-state index contributed by atoms with van der Waals surface area (Å²) in [6.45, 7) is 6.69. The van der Waals surface area contributed by atoms with Crippen molar-refractivity contribution in [1.29, 1.82) is 0 Å². The standard InChI is InChI=1S/C14H21NO2/c1-3-14(16)12-4-6-13(7-5-12)15-8-9-17-10-11(15)2/h4-7,11,14,16H,3,8-10H2,1-2H3. The maximum absolute atomic E-state index is 9.75. The van der Waals surface area contributed by atoms with Crippen molar-refractivity contribution in [1.82, 2.24) is 0 Å². The average Bonchev–Trinajstić information content (AvgIpc) is 2.39. The Labute approximate surface area is 103 Å². The van der Waals surface area contributed by atoms with E-state index in [0.717, 1.165) is 31.7 Å². The molecule has 17 heavy (non-hydrogen) atoms. The van der Waals surface area contributed by atoms with Gasteiger partial charge in [-0.25, -0.2) is 0 Å². The van der Waals surface area contributed by atoms with Gasteiger partial charge in [0.1, 0.15) is 0 Å². The molecule has 1 aromatic rings. The van der Waals surface area contributed by atoms with E-state index in [2.05, 4.69) is 24.0 Å². The van der Waals surface area contributed by atoms with Gasteiger partial charge in [0.15, 0.2) is 0 Å². The van der Waals surface area contributed by atoms with E-state index in [1.165, 1.54) is 5.69 Å². The molecular formula is C14H21NO2. The minimum Gasteiger partial charge on any atom is -0.388 e. The van der Waals surface area contributed by atoms with Crippen LogP contribution in [0.3, 0.4) is 0 Å². The SMILES string of the molecule is CCC(O)c1ccc(N2CCOCC2C)cc1. The van der Waals surface area contributed by atoms with Gasteiger partial charge >= 0.3 is 0 Å². The predicted octanol–water partition coefficient (Wildman–Crippen LogP) is 2.36. The fourth-order valence-electron chi connectivity index (χ4n) is 2.23. The van der Waals surface area contributed by atoms with Gasteiger partial charge in [-0.05, 0) is 31.0 Å². The number of hydrogen-bond acceptors (Lipinski definition) is 3. The Balaban J connectivity index is 2.11. The summed E-state index contributed by atoms with van der Waals surface area (Å²) in [5, 5.41) is 9.75. The van der Waals surface area contributed by atoms with Crippen LogP contribution >= 0.6 is 0 Å². The van der Waals surface area contributed by atoms with E-state index in [0.29, 0.717) is 6.04 Å². The number of ether oxygens (including phenoxy) is 1. The van der Waals surface area contributed by atoms with Crippen molar-refractivity contribution < 1.29 is 9.84 Å². The lowest BCUT2D eigenvalue weighted by Gasteiger charge is -2.35. The Morgan fingerprint density at radius 1 is 1.41 bits per heavy atom. The van der Waals surface area contributed by atoms with Crippen molar-refractivity contribution in [2.45, 2.75) is 32.4 Å². The summed E-state index contributed by atoms with van der Waals surface area (Å²) in [6, 6.07) is 8.65. The number of rotatable bonds is 3. The molecule has 2 rings (SSSR count). The minimum atomic E-state index is -0.342. The van der Waals surface area contributed by atoms with Crippen LogP contribution in [0.15, 0.2) is 24.3 Å². The van der Waals surface area contributed by atoms with E-state index >= 15 is 0 Å². The van der Waals surface area contributed by atoms with Crippen LogP contribution in [0.4, 0.5) is 5.69 Å². The summed E-state index contributed by atoms with van der Waals surface area (Å²) in [4.78, 5) is 2.35. The third kappa shape index (κ3) is 2.79. The Hall–Kier alpha value is -1.06. The van der Waals surface area contributed by atoms with Crippen LogP contribution in [0.25, 0.3) is 0 Å². The zero-order valence-corrected chi connectivity index (χ0v) is 10.6. The first kappa shape index (κ1) is 12.4. The Morgan fingerprint density at radius 2 is 2.12 bits per heavy atom. The lowest BCUT2D eigenvalue weighted by atomic mass is 10.1. The monoisotopic (exact) mass is 235 g/mol. The molecular weight excluding hydrogens is 214 g/mol. The van der Waals surface area contributed by atoms with Gasteiger partial charge in [-0.1, -0.05) is 19.1 Å². The van der Waals surface area contributed by atoms with Crippen molar-refractivity contribution in [2.24, 2.45) is 0 Å². The molecule has 1 N–H and O–H groups in total. The lowest BCUT2D eigenvalue weighted by Crippen LogP contribution is -2.43. The zero-order valence-electron chi connectivity index (χ0n) is 10.6. The van der Waals surface area contributed by atoms with Crippen LogP contribution in [0, 0.1) is 0 Å². The average molecular weight is 235 g/mol. The number of anilines is 1. The molecule has 1 heterocycles. The summed E-state index contributed by atoms with van der Waals surface area (Å²) in [7, 11) is 0. The van der Waals surface area contributed by atoms with Gasteiger partial charge in [-0.3, -0.25) is 0 Å². The molecule has 1 aliphatic rings. The van der Waals surface area contributed by atoms with Crippen molar-refractivity contribution in [3.8, 4) is 0 Å². The number of hydrogen-bond donors (Lipinski definition) is 1. The van der Waals surface area contributed by atoms with E-state index in [1.807, 2.05) is 19.1 Å². The summed E-state index contributed by atoms with van der Waals surface area (Å²) in [5.74, 6) is 0. The summed E-state index contributed by atoms with van der Waals surface area (Å²) in [6.07, 6.45) is 0.416. The number of morpholine rings is 1. The van der Waals surface area contributed by atoms with Crippen LogP contribution < -0.4 is 4.90 Å². The molecule has 1 fully saturated rings. The highest BCUT2D eigenvalue weighted by atomic mass is 16.5. The topological polar surface area (TPSA) is 32.7 Å². The first-order chi connectivity index (χ1) is 8.22. The smallest absolute Gasteiger partial charge is 0.0787 e. The Bertz CT molecular complexity index is 350. The van der Waals surface area contributed by atoms with Crippen LogP contribution in [0.2, 0.25) is 0 Å². The van der Waals surface area contributed by atoms with E-state index in [1.54, 1.807) is 0 Å². The second-order valence-corrected chi connectivity index (χ2v) is 4.63. The molecule has 0 aromatic heterocycles. The molecule has 3 heteroatoms. The van der Waals surface area contributed by atoms with Gasteiger partial charge in [-0.2, -0.15) is 0 Å². The normalized spacial score (nSPS) is 22.5. The number of nitrogens with zero attached hydrogens (tertiary/aromatic N) is 1. The highest BCUT2D eigenvalue weighted by Gasteiger charge is 2.19. The van der Waals surface area contributed by atoms with Gasteiger partial charge in [0.25, 0.3) is 0 Å². The van der Waals surface area contributed by atoms with E-state index < -0.39 is 0 Å². The number of aliphatic hydroxyl groups excluding tert-OH is 1. The fraction of sp³-hybridized carbons (Fsp3) is 0.571. The largest absolute Gasteiger partial charge is 0.388 e. The molecule has 2 atom stereocenters.